The van der Waals surface area contributed by atoms with E-state index in [-0.39, 0.29) is 5.95 Å². The zero-order valence-corrected chi connectivity index (χ0v) is 10.7. The molecule has 4 nitrogen and oxygen atoms in total. The Hall–Kier alpha value is -1.37. The Morgan fingerprint density at radius 1 is 1.32 bits per heavy atom. The zero-order chi connectivity index (χ0) is 13.9. The Kier molecular flexibility index (Phi) is 4.24. The van der Waals surface area contributed by atoms with Crippen molar-refractivity contribution in [3.63, 3.8) is 0 Å². The lowest BCUT2D eigenvalue weighted by Crippen LogP contribution is -2.31. The summed E-state index contributed by atoms with van der Waals surface area (Å²) < 4.78 is 37.8. The molecule has 19 heavy (non-hydrogen) atoms. The van der Waals surface area contributed by atoms with Gasteiger partial charge in [-0.05, 0) is 44.8 Å². The molecule has 0 radical (unpaired) electrons. The second kappa shape index (κ2) is 5.73. The van der Waals surface area contributed by atoms with E-state index in [1.165, 1.54) is 6.92 Å². The van der Waals surface area contributed by atoms with Crippen molar-refractivity contribution in [2.75, 3.05) is 25.0 Å². The number of nitrogens with zero attached hydrogens (tertiary/aromatic N) is 2. The minimum absolute atomic E-state index is 0.0610. The largest absolute Gasteiger partial charge is 0.433 e. The summed E-state index contributed by atoms with van der Waals surface area (Å²) in [4.78, 5) is 7.52. The molecule has 2 rings (SSSR count). The van der Waals surface area contributed by atoms with E-state index < -0.39 is 11.9 Å². The number of aromatic nitrogens is 2. The van der Waals surface area contributed by atoms with Crippen molar-refractivity contribution < 1.29 is 13.2 Å². The van der Waals surface area contributed by atoms with Crippen molar-refractivity contribution in [3.8, 4) is 0 Å². The smallest absolute Gasteiger partial charge is 0.354 e. The van der Waals surface area contributed by atoms with Crippen LogP contribution in [0.5, 0.6) is 0 Å². The van der Waals surface area contributed by atoms with Gasteiger partial charge in [-0.15, -0.1) is 0 Å². The van der Waals surface area contributed by atoms with Gasteiger partial charge in [0.25, 0.3) is 0 Å². The van der Waals surface area contributed by atoms with E-state index in [1.54, 1.807) is 0 Å². The third-order valence-corrected chi connectivity index (χ3v) is 3.15. The molecule has 2 N–H and O–H groups in total. The Bertz CT molecular complexity index is 427. The van der Waals surface area contributed by atoms with Gasteiger partial charge in [-0.25, -0.2) is 9.97 Å². The van der Waals surface area contributed by atoms with Crippen LogP contribution < -0.4 is 10.6 Å². The third kappa shape index (κ3) is 4.05. The fraction of sp³-hybridized carbons (Fsp3) is 0.667. The van der Waals surface area contributed by atoms with E-state index in [0.29, 0.717) is 18.2 Å². The second-order valence-corrected chi connectivity index (χ2v) is 4.79. The highest BCUT2D eigenvalue weighted by Crippen LogP contribution is 2.28. The summed E-state index contributed by atoms with van der Waals surface area (Å²) in [6, 6.07) is 0.954. The molecule has 0 saturated carbocycles. The first kappa shape index (κ1) is 14.0. The fourth-order valence-corrected chi connectivity index (χ4v) is 2.11. The van der Waals surface area contributed by atoms with Crippen LogP contribution in [-0.4, -0.2) is 29.6 Å². The number of hydrogen-bond donors (Lipinski definition) is 2. The van der Waals surface area contributed by atoms with Gasteiger partial charge in [0.2, 0.25) is 5.95 Å². The highest BCUT2D eigenvalue weighted by Gasteiger charge is 2.33. The number of hydrogen-bond acceptors (Lipinski definition) is 4. The normalized spacial score (nSPS) is 17.5. The molecule has 1 saturated heterocycles. The van der Waals surface area contributed by atoms with Crippen molar-refractivity contribution >= 4 is 5.95 Å². The van der Waals surface area contributed by atoms with Gasteiger partial charge in [-0.1, -0.05) is 0 Å². The number of nitrogens with one attached hydrogen (secondary N) is 2. The molecule has 1 aliphatic heterocycles. The zero-order valence-electron chi connectivity index (χ0n) is 10.7. The maximum atomic E-state index is 12.6. The Balaban J connectivity index is 2.01. The molecule has 7 heteroatoms. The predicted molar refractivity (Wildman–Crippen MR) is 65.9 cm³/mol. The molecule has 0 aliphatic carbocycles. The van der Waals surface area contributed by atoms with Crippen molar-refractivity contribution in [3.05, 3.63) is 17.5 Å². The van der Waals surface area contributed by atoms with E-state index >= 15 is 0 Å². The van der Waals surface area contributed by atoms with Gasteiger partial charge in [0.05, 0.1) is 0 Å². The summed E-state index contributed by atoms with van der Waals surface area (Å²) >= 11 is 0. The van der Waals surface area contributed by atoms with Crippen LogP contribution in [0.4, 0.5) is 19.1 Å². The number of aryl methyl sites for hydroxylation is 1. The fourth-order valence-electron chi connectivity index (χ4n) is 2.11. The number of piperidine rings is 1. The summed E-state index contributed by atoms with van der Waals surface area (Å²) in [7, 11) is 0. The Morgan fingerprint density at radius 3 is 2.63 bits per heavy atom. The van der Waals surface area contributed by atoms with Crippen LogP contribution in [0, 0.1) is 12.8 Å². The summed E-state index contributed by atoms with van der Waals surface area (Å²) in [5, 5.41) is 6.16. The van der Waals surface area contributed by atoms with Crippen molar-refractivity contribution in [1.82, 2.24) is 15.3 Å². The van der Waals surface area contributed by atoms with Crippen molar-refractivity contribution in [2.24, 2.45) is 5.92 Å². The predicted octanol–water partition coefficient (Wildman–Crippen LogP) is 2.22. The maximum Gasteiger partial charge on any atom is 0.433 e. The monoisotopic (exact) mass is 274 g/mol. The van der Waals surface area contributed by atoms with Gasteiger partial charge in [-0.2, -0.15) is 13.2 Å². The molecule has 106 valence electrons. The second-order valence-electron chi connectivity index (χ2n) is 4.79. The van der Waals surface area contributed by atoms with E-state index in [4.69, 9.17) is 0 Å². The first-order valence-electron chi connectivity index (χ1n) is 6.32. The summed E-state index contributed by atoms with van der Waals surface area (Å²) in [6.45, 7) is 4.05. The van der Waals surface area contributed by atoms with Gasteiger partial charge in [0.1, 0.15) is 5.69 Å². The molecule has 1 aliphatic rings. The van der Waals surface area contributed by atoms with E-state index in [0.717, 1.165) is 32.0 Å². The Morgan fingerprint density at radius 2 is 2.00 bits per heavy atom. The lowest BCUT2D eigenvalue weighted by molar-refractivity contribution is -0.141. The topological polar surface area (TPSA) is 49.8 Å². The van der Waals surface area contributed by atoms with Crippen molar-refractivity contribution in [1.29, 1.82) is 0 Å². The third-order valence-electron chi connectivity index (χ3n) is 3.15. The van der Waals surface area contributed by atoms with E-state index in [2.05, 4.69) is 20.6 Å². The van der Waals surface area contributed by atoms with Crippen LogP contribution >= 0.6 is 0 Å². The average molecular weight is 274 g/mol. The lowest BCUT2D eigenvalue weighted by Gasteiger charge is -2.22. The molecule has 0 bridgehead atoms. The summed E-state index contributed by atoms with van der Waals surface area (Å²) in [5.74, 6) is 0.519. The van der Waals surface area contributed by atoms with Crippen LogP contribution in [-0.2, 0) is 6.18 Å². The molecule has 0 aromatic carbocycles. The maximum absolute atomic E-state index is 12.6. The molecule has 0 atom stereocenters. The molecular formula is C12H17F3N4. The van der Waals surface area contributed by atoms with Crippen LogP contribution in [0.15, 0.2) is 6.07 Å². The standard InChI is InChI=1S/C12H17F3N4/c1-8-6-10(12(13,14)15)19-11(18-8)17-7-9-2-4-16-5-3-9/h6,9,16H,2-5,7H2,1H3,(H,17,18,19). The van der Waals surface area contributed by atoms with Gasteiger partial charge in [0.15, 0.2) is 0 Å². The minimum Gasteiger partial charge on any atom is -0.354 e. The highest BCUT2D eigenvalue weighted by atomic mass is 19.4. The SMILES string of the molecule is Cc1cc(C(F)(F)F)nc(NCC2CCNCC2)n1. The summed E-state index contributed by atoms with van der Waals surface area (Å²) in [6.07, 6.45) is -2.39. The number of alkyl halides is 3. The first-order chi connectivity index (χ1) is 8.95. The molecular weight excluding hydrogens is 257 g/mol. The number of halogens is 3. The Labute approximate surface area is 109 Å². The van der Waals surface area contributed by atoms with Gasteiger partial charge >= 0.3 is 6.18 Å². The number of rotatable bonds is 3. The molecule has 0 unspecified atom stereocenters. The molecule has 1 fully saturated rings. The van der Waals surface area contributed by atoms with Crippen LogP contribution in [0.1, 0.15) is 24.2 Å². The van der Waals surface area contributed by atoms with Crippen LogP contribution in [0.25, 0.3) is 0 Å². The average Bonchev–Trinajstić information content (AvgIpc) is 2.36. The van der Waals surface area contributed by atoms with Crippen molar-refractivity contribution in [2.45, 2.75) is 25.9 Å². The van der Waals surface area contributed by atoms with E-state index in [9.17, 15) is 13.2 Å². The molecule has 0 amide bonds. The van der Waals surface area contributed by atoms with Crippen LogP contribution in [0.3, 0.4) is 0 Å². The minimum atomic E-state index is -4.43. The quantitative estimate of drug-likeness (QED) is 0.887. The summed E-state index contributed by atoms with van der Waals surface area (Å²) in [5.41, 5.74) is -0.581. The number of anilines is 1. The first-order valence-corrected chi connectivity index (χ1v) is 6.32. The van der Waals surface area contributed by atoms with E-state index in [1.807, 2.05) is 0 Å². The van der Waals surface area contributed by atoms with Gasteiger partial charge in [0, 0.05) is 12.2 Å². The van der Waals surface area contributed by atoms with Crippen LogP contribution in [0.2, 0.25) is 0 Å². The molecule has 0 spiro atoms. The molecule has 1 aromatic heterocycles. The molecule has 2 heterocycles. The lowest BCUT2D eigenvalue weighted by atomic mass is 9.98. The van der Waals surface area contributed by atoms with Gasteiger partial charge < -0.3 is 10.6 Å². The van der Waals surface area contributed by atoms with Gasteiger partial charge in [-0.3, -0.25) is 0 Å². The highest BCUT2D eigenvalue weighted by molar-refractivity contribution is 5.29. The molecule has 1 aromatic rings.